The summed E-state index contributed by atoms with van der Waals surface area (Å²) in [7, 11) is 0. The summed E-state index contributed by atoms with van der Waals surface area (Å²) in [5.74, 6) is -0.742. The molecule has 0 fully saturated rings. The molecule has 0 radical (unpaired) electrons. The number of hydrogen-bond acceptors (Lipinski definition) is 5. The Labute approximate surface area is 85.3 Å². The summed E-state index contributed by atoms with van der Waals surface area (Å²) in [4.78, 5) is 20.9. The van der Waals surface area contributed by atoms with Gasteiger partial charge in [-0.1, -0.05) is 0 Å². The molecule has 1 aromatic rings. The first kappa shape index (κ1) is 11.0. The van der Waals surface area contributed by atoms with E-state index >= 15 is 0 Å². The van der Waals surface area contributed by atoms with Gasteiger partial charge >= 0.3 is 11.7 Å². The maximum Gasteiger partial charge on any atom is 0.410 e. The van der Waals surface area contributed by atoms with Crippen LogP contribution in [0.25, 0.3) is 6.08 Å². The maximum atomic E-state index is 11.1. The lowest BCUT2D eigenvalue weighted by Gasteiger charge is -1.97. The van der Waals surface area contributed by atoms with E-state index in [1.165, 1.54) is 12.3 Å². The maximum absolute atomic E-state index is 11.1. The molecule has 1 aromatic heterocycles. The fraction of sp³-hybridized carbons (Fsp3) is 0.222. The molecule has 0 amide bonds. The minimum absolute atomic E-state index is 0.0855. The van der Waals surface area contributed by atoms with Crippen LogP contribution >= 0.6 is 0 Å². The molecule has 15 heavy (non-hydrogen) atoms. The second-order valence-electron chi connectivity index (χ2n) is 2.52. The summed E-state index contributed by atoms with van der Waals surface area (Å²) in [5.41, 5.74) is -0.646. The zero-order valence-corrected chi connectivity index (χ0v) is 8.00. The van der Waals surface area contributed by atoms with Crippen LogP contribution in [0.5, 0.6) is 0 Å². The average Bonchev–Trinajstić information content (AvgIpc) is 2.66. The van der Waals surface area contributed by atoms with Crippen LogP contribution in [0.1, 0.15) is 12.7 Å². The van der Waals surface area contributed by atoms with Crippen molar-refractivity contribution in [3.05, 3.63) is 40.0 Å². The van der Waals surface area contributed by atoms with Crippen LogP contribution in [0, 0.1) is 10.1 Å². The molecule has 80 valence electrons. The summed E-state index contributed by atoms with van der Waals surface area (Å²) < 4.78 is 9.38. The van der Waals surface area contributed by atoms with Crippen molar-refractivity contribution >= 4 is 12.0 Å². The zero-order valence-electron chi connectivity index (χ0n) is 8.00. The van der Waals surface area contributed by atoms with Gasteiger partial charge in [0.1, 0.15) is 5.76 Å². The lowest BCUT2D eigenvalue weighted by Crippen LogP contribution is -2.14. The standard InChI is InChI=1S/C9H9NO5/c1-2-14-9(11)8(10(12)13)6-7-4-3-5-15-7/h3-6H,2H2,1H3/b8-6+. The van der Waals surface area contributed by atoms with E-state index < -0.39 is 16.6 Å². The van der Waals surface area contributed by atoms with Crippen LogP contribution in [0.2, 0.25) is 0 Å². The molecule has 0 aromatic carbocycles. The van der Waals surface area contributed by atoms with E-state index in [9.17, 15) is 14.9 Å². The van der Waals surface area contributed by atoms with Gasteiger partial charge in [-0.3, -0.25) is 10.1 Å². The van der Waals surface area contributed by atoms with Crippen molar-refractivity contribution in [2.45, 2.75) is 6.92 Å². The van der Waals surface area contributed by atoms with Gasteiger partial charge in [-0.05, 0) is 19.1 Å². The molecule has 0 saturated heterocycles. The van der Waals surface area contributed by atoms with Crippen molar-refractivity contribution in [3.63, 3.8) is 0 Å². The van der Waals surface area contributed by atoms with E-state index in [1.54, 1.807) is 13.0 Å². The highest BCUT2D eigenvalue weighted by molar-refractivity contribution is 5.90. The van der Waals surface area contributed by atoms with Crippen LogP contribution in [-0.2, 0) is 9.53 Å². The summed E-state index contributed by atoms with van der Waals surface area (Å²) in [6.07, 6.45) is 2.38. The smallest absolute Gasteiger partial charge is 0.410 e. The Morgan fingerprint density at radius 2 is 2.47 bits per heavy atom. The molecule has 0 spiro atoms. The number of hydrogen-bond donors (Lipinski definition) is 0. The SMILES string of the molecule is CCOC(=O)/C(=C\c1ccco1)[N+](=O)[O-]. The van der Waals surface area contributed by atoms with Crippen LogP contribution in [0.4, 0.5) is 0 Å². The van der Waals surface area contributed by atoms with Crippen molar-refractivity contribution < 1.29 is 18.9 Å². The zero-order chi connectivity index (χ0) is 11.3. The van der Waals surface area contributed by atoms with Crippen molar-refractivity contribution in [3.8, 4) is 0 Å². The van der Waals surface area contributed by atoms with Crippen LogP contribution in [-0.4, -0.2) is 17.5 Å². The van der Waals surface area contributed by atoms with E-state index in [0.29, 0.717) is 0 Å². The minimum atomic E-state index is -0.973. The number of esters is 1. The highest BCUT2D eigenvalue weighted by Gasteiger charge is 2.23. The largest absolute Gasteiger partial charge is 0.465 e. The van der Waals surface area contributed by atoms with E-state index in [2.05, 4.69) is 4.74 Å². The number of furan rings is 1. The molecule has 0 aliphatic carbocycles. The molecule has 0 unspecified atom stereocenters. The molecule has 1 heterocycles. The fourth-order valence-corrected chi connectivity index (χ4v) is 0.899. The summed E-state index contributed by atoms with van der Waals surface area (Å²) >= 11 is 0. The molecule has 0 atom stereocenters. The Morgan fingerprint density at radius 1 is 1.73 bits per heavy atom. The Kier molecular flexibility index (Phi) is 3.61. The third kappa shape index (κ3) is 2.94. The first-order chi connectivity index (χ1) is 7.15. The highest BCUT2D eigenvalue weighted by atomic mass is 16.6. The number of nitrogens with zero attached hydrogens (tertiary/aromatic N) is 1. The predicted molar refractivity (Wildman–Crippen MR) is 50.3 cm³/mol. The van der Waals surface area contributed by atoms with E-state index in [1.807, 2.05) is 0 Å². The van der Waals surface area contributed by atoms with Crippen LogP contribution < -0.4 is 0 Å². The van der Waals surface area contributed by atoms with E-state index in [0.717, 1.165) is 6.08 Å². The number of carbonyl (C=O) groups excluding carboxylic acids is 1. The average molecular weight is 211 g/mol. The van der Waals surface area contributed by atoms with Crippen LogP contribution in [0.3, 0.4) is 0 Å². The molecule has 1 rings (SSSR count). The van der Waals surface area contributed by atoms with E-state index in [-0.39, 0.29) is 12.4 Å². The predicted octanol–water partition coefficient (Wildman–Crippen LogP) is 1.46. The molecule has 0 aliphatic heterocycles. The number of nitro groups is 1. The van der Waals surface area contributed by atoms with E-state index in [4.69, 9.17) is 4.42 Å². The Balaban J connectivity index is 2.92. The van der Waals surface area contributed by atoms with Crippen LogP contribution in [0.15, 0.2) is 28.5 Å². The Morgan fingerprint density at radius 3 is 2.93 bits per heavy atom. The molecular weight excluding hydrogens is 202 g/mol. The fourth-order valence-electron chi connectivity index (χ4n) is 0.899. The molecular formula is C9H9NO5. The third-order valence-electron chi connectivity index (χ3n) is 1.50. The second-order valence-corrected chi connectivity index (χ2v) is 2.52. The second kappa shape index (κ2) is 4.94. The quantitative estimate of drug-likeness (QED) is 0.326. The van der Waals surface area contributed by atoms with Gasteiger partial charge in [0.2, 0.25) is 0 Å². The van der Waals surface area contributed by atoms with Gasteiger partial charge in [0.15, 0.2) is 0 Å². The number of rotatable bonds is 4. The van der Waals surface area contributed by atoms with Crippen molar-refractivity contribution in [1.82, 2.24) is 0 Å². The molecule has 0 bridgehead atoms. The Hall–Kier alpha value is -2.11. The van der Waals surface area contributed by atoms with Gasteiger partial charge in [0.25, 0.3) is 0 Å². The molecule has 0 aliphatic rings. The highest BCUT2D eigenvalue weighted by Crippen LogP contribution is 2.09. The molecule has 6 nitrogen and oxygen atoms in total. The van der Waals surface area contributed by atoms with Gasteiger partial charge in [-0.2, -0.15) is 0 Å². The molecule has 6 heteroatoms. The monoisotopic (exact) mass is 211 g/mol. The normalized spacial score (nSPS) is 11.1. The lowest BCUT2D eigenvalue weighted by molar-refractivity contribution is -0.419. The van der Waals surface area contributed by atoms with Crippen molar-refractivity contribution in [2.24, 2.45) is 0 Å². The van der Waals surface area contributed by atoms with Crippen molar-refractivity contribution in [1.29, 1.82) is 0 Å². The topological polar surface area (TPSA) is 82.6 Å². The first-order valence-electron chi connectivity index (χ1n) is 4.22. The van der Waals surface area contributed by atoms with Crippen molar-refractivity contribution in [2.75, 3.05) is 6.61 Å². The van der Waals surface area contributed by atoms with Gasteiger partial charge < -0.3 is 9.15 Å². The summed E-state index contributed by atoms with van der Waals surface area (Å²) in [6, 6.07) is 3.07. The van der Waals surface area contributed by atoms with Gasteiger partial charge in [-0.15, -0.1) is 0 Å². The molecule has 0 N–H and O–H groups in total. The summed E-state index contributed by atoms with van der Waals surface area (Å²) in [6.45, 7) is 1.66. The van der Waals surface area contributed by atoms with Gasteiger partial charge in [0.05, 0.1) is 23.9 Å². The van der Waals surface area contributed by atoms with Gasteiger partial charge in [0, 0.05) is 0 Å². The summed E-state index contributed by atoms with van der Waals surface area (Å²) in [5, 5.41) is 10.5. The third-order valence-corrected chi connectivity index (χ3v) is 1.50. The molecule has 0 saturated carbocycles. The lowest BCUT2D eigenvalue weighted by atomic mass is 10.3. The minimum Gasteiger partial charge on any atom is -0.465 e. The number of carbonyl (C=O) groups is 1. The van der Waals surface area contributed by atoms with Gasteiger partial charge in [-0.25, -0.2) is 4.79 Å². The Bertz CT molecular complexity index is 379. The first-order valence-corrected chi connectivity index (χ1v) is 4.22. The number of ether oxygens (including phenoxy) is 1.